The van der Waals surface area contributed by atoms with Gasteiger partial charge in [-0.1, -0.05) is 0 Å². The molecule has 0 unspecified atom stereocenters. The first-order valence-electron chi connectivity index (χ1n) is 5.73. The molecule has 1 amide bonds. The van der Waals surface area contributed by atoms with Gasteiger partial charge in [0.05, 0.1) is 0 Å². The van der Waals surface area contributed by atoms with Gasteiger partial charge in [0.15, 0.2) is 0 Å². The monoisotopic (exact) mass is 295 g/mol. The molecular weight excluding hydrogens is 277 g/mol. The molecule has 1 aromatic rings. The van der Waals surface area contributed by atoms with Crippen LogP contribution in [0.3, 0.4) is 0 Å². The van der Waals surface area contributed by atoms with Crippen LogP contribution in [0.25, 0.3) is 0 Å². The third-order valence-corrected chi connectivity index (χ3v) is 4.24. The Kier molecular flexibility index (Phi) is 6.47. The van der Waals surface area contributed by atoms with E-state index in [1.807, 2.05) is 30.3 Å². The van der Waals surface area contributed by atoms with Crippen molar-refractivity contribution in [2.45, 2.75) is 19.8 Å². The average Bonchev–Trinajstić information content (AvgIpc) is 2.35. The van der Waals surface area contributed by atoms with E-state index in [9.17, 15) is 4.79 Å². The van der Waals surface area contributed by atoms with E-state index in [0.717, 1.165) is 23.8 Å². The predicted molar refractivity (Wildman–Crippen MR) is 72.5 cm³/mol. The Morgan fingerprint density at radius 1 is 1.41 bits per heavy atom. The van der Waals surface area contributed by atoms with Crippen LogP contribution >= 0.6 is 0 Å². The number of unbranched alkanes of at least 4 members (excludes halogenated alkanes) is 1. The van der Waals surface area contributed by atoms with Gasteiger partial charge in [-0.3, -0.25) is 0 Å². The van der Waals surface area contributed by atoms with Crippen molar-refractivity contribution in [2.24, 2.45) is 0 Å². The topological polar surface area (TPSA) is 20.3 Å². The number of hydrogen-bond acceptors (Lipinski definition) is 1. The molecule has 0 fully saturated rings. The van der Waals surface area contributed by atoms with Gasteiger partial charge in [0, 0.05) is 0 Å². The van der Waals surface area contributed by atoms with E-state index >= 15 is 0 Å². The van der Waals surface area contributed by atoms with Crippen molar-refractivity contribution in [3.8, 4) is 12.3 Å². The molecule has 0 aliphatic carbocycles. The van der Waals surface area contributed by atoms with Gasteiger partial charge < -0.3 is 0 Å². The number of amides is 1. The van der Waals surface area contributed by atoms with Crippen molar-refractivity contribution in [3.63, 3.8) is 0 Å². The third kappa shape index (κ3) is 5.08. The van der Waals surface area contributed by atoms with E-state index in [1.165, 1.54) is 0 Å². The number of carbonyl (C=O) groups excluding carboxylic acids is 1. The zero-order valence-corrected chi connectivity index (χ0v) is 11.8. The summed E-state index contributed by atoms with van der Waals surface area (Å²) in [5.41, 5.74) is 0. The second kappa shape index (κ2) is 7.95. The molecule has 2 nitrogen and oxygen atoms in total. The summed E-state index contributed by atoms with van der Waals surface area (Å²) in [6.45, 7) is 3.31. The van der Waals surface area contributed by atoms with Gasteiger partial charge in [0.25, 0.3) is 0 Å². The summed E-state index contributed by atoms with van der Waals surface area (Å²) in [7, 11) is 0. The second-order valence-corrected chi connectivity index (χ2v) is 5.81. The van der Waals surface area contributed by atoms with Crippen LogP contribution in [0.5, 0.6) is 0 Å². The fraction of sp³-hybridized carbons (Fsp3) is 0.357. The van der Waals surface area contributed by atoms with Gasteiger partial charge in [-0.25, -0.2) is 0 Å². The molecule has 0 heterocycles. The number of nitrogens with zero attached hydrogens (tertiary/aromatic N) is 1. The molecule has 17 heavy (non-hydrogen) atoms. The maximum atomic E-state index is 12.1. The van der Waals surface area contributed by atoms with Gasteiger partial charge >= 0.3 is 109 Å². The Labute approximate surface area is 110 Å². The van der Waals surface area contributed by atoms with Gasteiger partial charge in [-0.2, -0.15) is 0 Å². The van der Waals surface area contributed by atoms with Crippen LogP contribution in [-0.4, -0.2) is 37.8 Å². The molecule has 1 rings (SSSR count). The van der Waals surface area contributed by atoms with Gasteiger partial charge in [-0.05, 0) is 0 Å². The van der Waals surface area contributed by atoms with Gasteiger partial charge in [0.2, 0.25) is 0 Å². The van der Waals surface area contributed by atoms with Crippen molar-refractivity contribution in [2.75, 3.05) is 13.1 Å². The van der Waals surface area contributed by atoms with Crippen LogP contribution in [-0.2, 0) is 0 Å². The molecule has 0 saturated heterocycles. The standard InChI is InChI=1S/C14H17NOSe/c1-3-5-12-15(11-4-2)14(16)17-13-9-7-6-8-10-13/h2,6-10H,3,5,11-12H2,1H3. The first-order valence-corrected chi connectivity index (χ1v) is 7.44. The SMILES string of the molecule is C#CCN(CCCC)C(=O)[Se]c1ccccc1. The molecule has 0 N–H and O–H groups in total. The Morgan fingerprint density at radius 2 is 2.12 bits per heavy atom. The van der Waals surface area contributed by atoms with Crippen molar-refractivity contribution >= 4 is 24.2 Å². The van der Waals surface area contributed by atoms with E-state index in [2.05, 4.69) is 12.8 Å². The van der Waals surface area contributed by atoms with Crippen LogP contribution < -0.4 is 4.46 Å². The molecule has 0 aliphatic heterocycles. The Hall–Kier alpha value is -1.23. The summed E-state index contributed by atoms with van der Waals surface area (Å²) in [6, 6.07) is 9.86. The first-order chi connectivity index (χ1) is 8.27. The molecule has 90 valence electrons. The fourth-order valence-corrected chi connectivity index (χ4v) is 2.98. The predicted octanol–water partition coefficient (Wildman–Crippen LogP) is 1.87. The number of carbonyl (C=O) groups is 1. The molecule has 0 bridgehead atoms. The summed E-state index contributed by atoms with van der Waals surface area (Å²) in [6.07, 6.45) is 7.38. The molecule has 0 aromatic heterocycles. The molecule has 3 heteroatoms. The van der Waals surface area contributed by atoms with E-state index in [4.69, 9.17) is 6.42 Å². The molecule has 1 aromatic carbocycles. The minimum atomic E-state index is -0.161. The summed E-state index contributed by atoms with van der Waals surface area (Å²) in [5, 5.41) is 0. The van der Waals surface area contributed by atoms with E-state index < -0.39 is 0 Å². The van der Waals surface area contributed by atoms with Crippen molar-refractivity contribution < 1.29 is 4.79 Å². The van der Waals surface area contributed by atoms with Crippen LogP contribution in [0.1, 0.15) is 19.8 Å². The minimum absolute atomic E-state index is 0.161. The van der Waals surface area contributed by atoms with Crippen molar-refractivity contribution in [3.05, 3.63) is 30.3 Å². The van der Waals surface area contributed by atoms with Gasteiger partial charge in [0.1, 0.15) is 0 Å². The second-order valence-electron chi connectivity index (χ2n) is 3.66. The van der Waals surface area contributed by atoms with E-state index in [0.29, 0.717) is 6.54 Å². The summed E-state index contributed by atoms with van der Waals surface area (Å²) in [4.78, 5) is 14.0. The molecule has 0 saturated carbocycles. The number of rotatable bonds is 6. The Morgan fingerprint density at radius 3 is 2.71 bits per heavy atom. The third-order valence-electron chi connectivity index (χ3n) is 2.27. The summed E-state index contributed by atoms with van der Waals surface area (Å²) in [5.74, 6) is 2.56. The van der Waals surface area contributed by atoms with Crippen molar-refractivity contribution in [1.82, 2.24) is 4.90 Å². The number of benzene rings is 1. The molecule has 0 aliphatic rings. The fourth-order valence-electron chi connectivity index (χ4n) is 1.35. The Balaban J connectivity index is 2.56. The zero-order chi connectivity index (χ0) is 12.5. The summed E-state index contributed by atoms with van der Waals surface area (Å²) < 4.78 is 1.10. The molecule has 0 radical (unpaired) electrons. The van der Waals surface area contributed by atoms with Crippen LogP contribution in [0.4, 0.5) is 4.79 Å². The number of terminal acetylenes is 1. The van der Waals surface area contributed by atoms with Crippen LogP contribution in [0.15, 0.2) is 30.3 Å². The quantitative estimate of drug-likeness (QED) is 0.579. The van der Waals surface area contributed by atoms with Crippen LogP contribution in [0, 0.1) is 12.3 Å². The number of hydrogen-bond donors (Lipinski definition) is 0. The molecule has 0 spiro atoms. The maximum absolute atomic E-state index is 12.1. The molecular formula is C14H17NOSe. The van der Waals surface area contributed by atoms with E-state index in [1.54, 1.807) is 4.90 Å². The first kappa shape index (κ1) is 13.8. The van der Waals surface area contributed by atoms with Gasteiger partial charge in [-0.15, -0.1) is 0 Å². The normalized spacial score (nSPS) is 9.65. The molecule has 0 atom stereocenters. The van der Waals surface area contributed by atoms with E-state index in [-0.39, 0.29) is 19.8 Å². The van der Waals surface area contributed by atoms with Crippen LogP contribution in [0.2, 0.25) is 0 Å². The average molecular weight is 294 g/mol. The Bertz CT molecular complexity index is 383. The zero-order valence-electron chi connectivity index (χ0n) is 10.1. The summed E-state index contributed by atoms with van der Waals surface area (Å²) >= 11 is -0.161. The van der Waals surface area contributed by atoms with Crippen molar-refractivity contribution in [1.29, 1.82) is 0 Å².